The lowest BCUT2D eigenvalue weighted by molar-refractivity contribution is -0.171. The number of phenolic OH excluding ortho intramolecular Hbond substituents is 4. The summed E-state index contributed by atoms with van der Waals surface area (Å²) in [5, 5.41) is 47.8. The van der Waals surface area contributed by atoms with Gasteiger partial charge in [0.2, 0.25) is 11.5 Å². The first-order valence-electron chi connectivity index (χ1n) is 22.7. The molecule has 14 nitrogen and oxygen atoms in total. The topological polar surface area (TPSA) is 189 Å². The van der Waals surface area contributed by atoms with Gasteiger partial charge in [-0.15, -0.1) is 6.58 Å². The second-order valence-electron chi connectivity index (χ2n) is 16.5. The Bertz CT molecular complexity index is 2890. The number of esters is 2. The van der Waals surface area contributed by atoms with Gasteiger partial charge in [-0.25, -0.2) is 9.59 Å². The third-order valence-electron chi connectivity index (χ3n) is 11.7. The molecule has 7 aromatic rings. The predicted molar refractivity (Wildman–Crippen MR) is 261 cm³/mol. The van der Waals surface area contributed by atoms with Gasteiger partial charge in [0.05, 0.1) is 38.1 Å². The van der Waals surface area contributed by atoms with Crippen LogP contribution in [0.25, 0.3) is 11.1 Å². The number of cyclic esters (lactones) is 2. The molecule has 0 bridgehead atoms. The van der Waals surface area contributed by atoms with Crippen LogP contribution in [-0.4, -0.2) is 70.5 Å². The van der Waals surface area contributed by atoms with Gasteiger partial charge in [0.1, 0.15) is 43.9 Å². The molecule has 7 aromatic carbocycles. The van der Waals surface area contributed by atoms with E-state index in [2.05, 4.69) is 6.58 Å². The molecule has 0 saturated carbocycles. The number of rotatable bonds is 18. The largest absolute Gasteiger partial charge is 0.504 e. The number of fused-ring (bicyclic) bond motifs is 3. The van der Waals surface area contributed by atoms with Gasteiger partial charge in [-0.2, -0.15) is 0 Å². The van der Waals surface area contributed by atoms with Crippen molar-refractivity contribution >= 4 is 11.9 Å². The monoisotopic (exact) mass is 960 g/mol. The minimum Gasteiger partial charge on any atom is -0.504 e. The molecule has 4 atom stereocenters. The average molecular weight is 961 g/mol. The summed E-state index contributed by atoms with van der Waals surface area (Å²) in [5.41, 5.74) is 1.43. The lowest BCUT2D eigenvalue weighted by Crippen LogP contribution is -2.51. The van der Waals surface area contributed by atoms with Gasteiger partial charge >= 0.3 is 11.9 Å². The van der Waals surface area contributed by atoms with Gasteiger partial charge in [0, 0.05) is 11.1 Å². The Labute approximate surface area is 410 Å². The van der Waals surface area contributed by atoms with Crippen molar-refractivity contribution in [2.45, 2.75) is 57.5 Å². The van der Waals surface area contributed by atoms with Crippen molar-refractivity contribution < 1.29 is 67.9 Å². The smallest absolute Gasteiger partial charge is 0.339 e. The fourth-order valence-corrected chi connectivity index (χ4v) is 8.00. The van der Waals surface area contributed by atoms with Crippen molar-refractivity contribution in [2.24, 2.45) is 0 Å². The van der Waals surface area contributed by atoms with Crippen molar-refractivity contribution in [3.8, 4) is 51.4 Å². The number of ether oxygens (including phenoxy) is 8. The molecule has 8 rings (SSSR count). The third kappa shape index (κ3) is 11.9. The maximum atomic E-state index is 15.3. The Hall–Kier alpha value is -8.30. The van der Waals surface area contributed by atoms with E-state index < -0.39 is 99.7 Å². The quantitative estimate of drug-likeness (QED) is 0.0470. The molecule has 4 N–H and O–H groups in total. The maximum absolute atomic E-state index is 15.3. The highest BCUT2D eigenvalue weighted by Gasteiger charge is 2.43. The van der Waals surface area contributed by atoms with Crippen molar-refractivity contribution in [2.75, 3.05) is 13.7 Å². The fraction of sp³-hybridized carbons (Fsp3) is 0.193. The molecule has 0 radical (unpaired) electrons. The lowest BCUT2D eigenvalue weighted by Gasteiger charge is -2.36. The Balaban J connectivity index is 1.30. The molecule has 364 valence electrons. The molecule has 0 saturated heterocycles. The summed E-state index contributed by atoms with van der Waals surface area (Å²) in [6.07, 6.45) is -3.72. The maximum Gasteiger partial charge on any atom is 0.339 e. The first-order valence-corrected chi connectivity index (χ1v) is 22.7. The first-order chi connectivity index (χ1) is 34.6. The number of hydrogen-bond acceptors (Lipinski definition) is 14. The number of aromatic hydroxyl groups is 4. The van der Waals surface area contributed by atoms with Gasteiger partial charge in [-0.05, 0) is 52.1 Å². The van der Waals surface area contributed by atoms with E-state index in [1.807, 2.05) is 60.7 Å². The van der Waals surface area contributed by atoms with Crippen LogP contribution in [0.5, 0.6) is 40.2 Å². The lowest BCUT2D eigenvalue weighted by atomic mass is 9.91. The van der Waals surface area contributed by atoms with Gasteiger partial charge in [0.25, 0.3) is 0 Å². The SMILES string of the molecule is C=C[C@H](OCc1ccccc1)[C@H]1OC(=O)c2cc(O)c(OCc3ccccc3)c(O)c2-c2c(cc(O)c(OCc3ccccc3)c2O)C(=O)OC[C@@H](OCc2ccc(OC)cc2)[C@H]1OCc1ccccc1. The molecule has 0 aromatic heterocycles. The van der Waals surface area contributed by atoms with E-state index >= 15 is 4.79 Å². The molecule has 0 aliphatic carbocycles. The Morgan fingerprint density at radius 3 is 1.49 bits per heavy atom. The molecule has 1 heterocycles. The molecule has 1 aliphatic rings. The summed E-state index contributed by atoms with van der Waals surface area (Å²) in [7, 11) is 1.55. The number of methoxy groups -OCH3 is 1. The fourth-order valence-electron chi connectivity index (χ4n) is 8.00. The number of phenols is 4. The van der Waals surface area contributed by atoms with Gasteiger partial charge in [-0.1, -0.05) is 140 Å². The minimum atomic E-state index is -1.46. The zero-order valence-electron chi connectivity index (χ0n) is 38.7. The summed E-state index contributed by atoms with van der Waals surface area (Å²) in [5.74, 6) is -5.81. The van der Waals surface area contributed by atoms with E-state index in [-0.39, 0.29) is 33.0 Å². The van der Waals surface area contributed by atoms with E-state index in [4.69, 9.17) is 37.9 Å². The first kappa shape index (κ1) is 49.1. The summed E-state index contributed by atoms with van der Waals surface area (Å²) in [6.45, 7) is 3.11. The van der Waals surface area contributed by atoms with Crippen LogP contribution < -0.4 is 14.2 Å². The Morgan fingerprint density at radius 1 is 0.577 bits per heavy atom. The highest BCUT2D eigenvalue weighted by molar-refractivity contribution is 6.08. The molecule has 1 aliphatic heterocycles. The molecule has 71 heavy (non-hydrogen) atoms. The van der Waals surface area contributed by atoms with E-state index in [0.717, 1.165) is 23.3 Å². The molecule has 0 fully saturated rings. The summed E-state index contributed by atoms with van der Waals surface area (Å²) in [4.78, 5) is 30.1. The van der Waals surface area contributed by atoms with Crippen molar-refractivity contribution in [1.29, 1.82) is 0 Å². The number of benzene rings is 7. The standard InChI is InChI=1S/C57H52O14/c1-3-46(65-30-36-16-8-4-9-17-36)55-54(69-34-39-22-14-7-15-23-39)47(66-31-40-24-26-41(64-2)27-25-40)35-70-56(62)42-28-44(58)52(67-32-37-18-10-5-11-19-37)50(60)48(42)49-43(57(63)71-55)29-45(59)53(51(49)61)68-33-38-20-12-6-13-21-38/h3-29,46-47,54-55,58-61H,1,30-35H2,2H3/t46-,47+,54+,55+/m0/s1. The van der Waals surface area contributed by atoms with Crippen LogP contribution in [0.15, 0.2) is 170 Å². The van der Waals surface area contributed by atoms with Crippen LogP contribution in [0.1, 0.15) is 48.5 Å². The van der Waals surface area contributed by atoms with Crippen LogP contribution in [-0.2, 0) is 56.7 Å². The summed E-state index contributed by atoms with van der Waals surface area (Å²) < 4.78 is 49.7. The highest BCUT2D eigenvalue weighted by Crippen LogP contribution is 2.54. The molecule has 0 amide bonds. The zero-order chi connectivity index (χ0) is 49.7. The zero-order valence-corrected chi connectivity index (χ0v) is 38.7. The van der Waals surface area contributed by atoms with Gasteiger partial charge in [0.15, 0.2) is 29.1 Å². The summed E-state index contributed by atoms with van der Waals surface area (Å²) >= 11 is 0. The average Bonchev–Trinajstić information content (AvgIpc) is 3.40. The Kier molecular flexibility index (Phi) is 16.1. The molecule has 0 spiro atoms. The van der Waals surface area contributed by atoms with Crippen LogP contribution in [0, 0.1) is 0 Å². The minimum absolute atomic E-state index is 0.0279. The van der Waals surface area contributed by atoms with E-state index in [1.165, 1.54) is 6.08 Å². The van der Waals surface area contributed by atoms with E-state index in [0.29, 0.717) is 22.4 Å². The van der Waals surface area contributed by atoms with Crippen molar-refractivity contribution in [3.63, 3.8) is 0 Å². The van der Waals surface area contributed by atoms with Gasteiger partial charge < -0.3 is 58.3 Å². The van der Waals surface area contributed by atoms with Crippen LogP contribution in [0.2, 0.25) is 0 Å². The molecule has 14 heteroatoms. The van der Waals surface area contributed by atoms with Crippen LogP contribution >= 0.6 is 0 Å². The molecular weight excluding hydrogens is 909 g/mol. The van der Waals surface area contributed by atoms with E-state index in [1.54, 1.807) is 92.0 Å². The second kappa shape index (κ2) is 23.3. The second-order valence-corrected chi connectivity index (χ2v) is 16.5. The van der Waals surface area contributed by atoms with Crippen molar-refractivity contribution in [1.82, 2.24) is 0 Å². The Morgan fingerprint density at radius 2 is 1.01 bits per heavy atom. The van der Waals surface area contributed by atoms with Gasteiger partial charge in [-0.3, -0.25) is 0 Å². The highest BCUT2D eigenvalue weighted by atomic mass is 16.6. The molecular formula is C57H52O14. The third-order valence-corrected chi connectivity index (χ3v) is 11.7. The van der Waals surface area contributed by atoms with Crippen LogP contribution in [0.3, 0.4) is 0 Å². The predicted octanol–water partition coefficient (Wildman–Crippen LogP) is 9.98. The van der Waals surface area contributed by atoms with E-state index in [9.17, 15) is 25.2 Å². The van der Waals surface area contributed by atoms with Crippen molar-refractivity contribution in [3.05, 3.63) is 209 Å². The number of carbonyl (C=O) groups excluding carboxylic acids is 2. The molecule has 0 unspecified atom stereocenters. The summed E-state index contributed by atoms with van der Waals surface area (Å²) in [6, 6.07) is 45.3. The normalized spacial score (nSPS) is 16.2. The van der Waals surface area contributed by atoms with Crippen LogP contribution in [0.4, 0.5) is 0 Å². The number of hydrogen-bond donors (Lipinski definition) is 4. The number of carbonyl (C=O) groups is 2.